The first kappa shape index (κ1) is 13.9. The Kier molecular flexibility index (Phi) is 2.94. The number of hydrogen-bond donors (Lipinski definition) is 2. The zero-order valence-electron chi connectivity index (χ0n) is 13.6. The number of aromatic nitrogens is 5. The fraction of sp³-hybridized carbons (Fsp3) is 0.0500. The number of aromatic amines is 2. The van der Waals surface area contributed by atoms with E-state index in [0.717, 1.165) is 50.1 Å². The second kappa shape index (κ2) is 5.27. The van der Waals surface area contributed by atoms with E-state index in [1.54, 1.807) is 0 Å². The van der Waals surface area contributed by atoms with Crippen LogP contribution in [-0.2, 0) is 0 Å². The zero-order valence-corrected chi connectivity index (χ0v) is 13.6. The van der Waals surface area contributed by atoms with Crippen molar-refractivity contribution in [2.45, 2.75) is 6.92 Å². The summed E-state index contributed by atoms with van der Waals surface area (Å²) in [6, 6.07) is 12.4. The predicted octanol–water partition coefficient (Wildman–Crippen LogP) is 4.48. The highest BCUT2D eigenvalue weighted by atomic mass is 14.8. The van der Waals surface area contributed by atoms with Crippen LogP contribution in [0.3, 0.4) is 0 Å². The fourth-order valence-electron chi connectivity index (χ4n) is 3.19. The van der Waals surface area contributed by atoms with Crippen molar-refractivity contribution >= 4 is 22.1 Å². The molecule has 0 aliphatic carbocycles. The number of pyridine rings is 3. The molecular formula is C20H15N5. The Bertz CT molecular complexity index is 1220. The molecule has 0 fully saturated rings. The minimum Gasteiger partial charge on any atom is -0.346 e. The molecule has 0 atom stereocenters. The van der Waals surface area contributed by atoms with E-state index in [1.807, 2.05) is 49.9 Å². The normalized spacial score (nSPS) is 11.4. The smallest absolute Gasteiger partial charge is 0.137 e. The Balaban J connectivity index is 1.59. The number of fused-ring (bicyclic) bond motifs is 2. The summed E-state index contributed by atoms with van der Waals surface area (Å²) in [4.78, 5) is 19.9. The molecule has 0 saturated carbocycles. The number of rotatable bonds is 2. The number of aryl methyl sites for hydroxylation is 1. The molecule has 2 N–H and O–H groups in total. The van der Waals surface area contributed by atoms with Crippen LogP contribution in [0.1, 0.15) is 5.69 Å². The second-order valence-corrected chi connectivity index (χ2v) is 6.11. The van der Waals surface area contributed by atoms with Crippen molar-refractivity contribution in [2.75, 3.05) is 0 Å². The van der Waals surface area contributed by atoms with Gasteiger partial charge in [-0.2, -0.15) is 0 Å². The van der Waals surface area contributed by atoms with Gasteiger partial charge in [0.05, 0.1) is 5.69 Å². The predicted molar refractivity (Wildman–Crippen MR) is 99.1 cm³/mol. The lowest BCUT2D eigenvalue weighted by molar-refractivity contribution is 1.20. The van der Waals surface area contributed by atoms with Crippen molar-refractivity contribution in [1.29, 1.82) is 0 Å². The topological polar surface area (TPSA) is 70.2 Å². The van der Waals surface area contributed by atoms with Gasteiger partial charge >= 0.3 is 0 Å². The molecule has 5 aromatic rings. The standard InChI is InChI=1S/C20H15N5/c1-12-17(15-8-13-4-6-21-19(13)23-10-15)2-3-18(25-12)16-9-14-5-7-22-20(14)24-11-16/h2-11H,1H3,(H,21,23)(H,22,24). The van der Waals surface area contributed by atoms with Crippen molar-refractivity contribution in [3.05, 3.63) is 66.9 Å². The van der Waals surface area contributed by atoms with E-state index in [2.05, 4.69) is 38.1 Å². The first-order valence-corrected chi connectivity index (χ1v) is 8.12. The van der Waals surface area contributed by atoms with Crippen LogP contribution < -0.4 is 0 Å². The number of H-pyrrole nitrogens is 2. The molecule has 5 nitrogen and oxygen atoms in total. The van der Waals surface area contributed by atoms with Crippen molar-refractivity contribution in [2.24, 2.45) is 0 Å². The minimum absolute atomic E-state index is 0.892. The van der Waals surface area contributed by atoms with Crippen molar-refractivity contribution in [3.63, 3.8) is 0 Å². The molecular weight excluding hydrogens is 310 g/mol. The Morgan fingerprint density at radius 3 is 2.08 bits per heavy atom. The summed E-state index contributed by atoms with van der Waals surface area (Å²) in [7, 11) is 0. The quantitative estimate of drug-likeness (QED) is 0.503. The maximum absolute atomic E-state index is 4.79. The molecule has 5 heteroatoms. The van der Waals surface area contributed by atoms with Crippen LogP contribution in [0, 0.1) is 6.92 Å². The van der Waals surface area contributed by atoms with Crippen LogP contribution in [0.5, 0.6) is 0 Å². The van der Waals surface area contributed by atoms with E-state index < -0.39 is 0 Å². The molecule has 0 unspecified atom stereocenters. The average Bonchev–Trinajstić information content (AvgIpc) is 3.29. The summed E-state index contributed by atoms with van der Waals surface area (Å²) in [5.41, 5.74) is 6.87. The average molecular weight is 325 g/mol. The Labute approximate surface area is 143 Å². The van der Waals surface area contributed by atoms with Crippen LogP contribution in [0.4, 0.5) is 0 Å². The summed E-state index contributed by atoms with van der Waals surface area (Å²) >= 11 is 0. The lowest BCUT2D eigenvalue weighted by atomic mass is 10.0. The highest BCUT2D eigenvalue weighted by Gasteiger charge is 2.09. The molecule has 0 aliphatic heterocycles. The van der Waals surface area contributed by atoms with Crippen LogP contribution in [-0.4, -0.2) is 24.9 Å². The maximum atomic E-state index is 4.79. The van der Waals surface area contributed by atoms with Gasteiger partial charge in [0, 0.05) is 57.9 Å². The minimum atomic E-state index is 0.892. The molecule has 5 rings (SSSR count). The Hall–Kier alpha value is -3.47. The molecule has 0 aromatic carbocycles. The SMILES string of the molecule is Cc1nc(-c2cnc3[nH]ccc3c2)ccc1-c1cnc2[nH]ccc2c1. The summed E-state index contributed by atoms with van der Waals surface area (Å²) < 4.78 is 0. The van der Waals surface area contributed by atoms with Crippen LogP contribution in [0.25, 0.3) is 44.5 Å². The molecule has 120 valence electrons. The van der Waals surface area contributed by atoms with E-state index in [-0.39, 0.29) is 0 Å². The fourth-order valence-corrected chi connectivity index (χ4v) is 3.19. The van der Waals surface area contributed by atoms with E-state index in [0.29, 0.717) is 0 Å². The van der Waals surface area contributed by atoms with E-state index in [1.165, 1.54) is 0 Å². The van der Waals surface area contributed by atoms with Crippen molar-refractivity contribution in [1.82, 2.24) is 24.9 Å². The molecule has 0 radical (unpaired) electrons. The highest BCUT2D eigenvalue weighted by molar-refractivity contribution is 5.83. The van der Waals surface area contributed by atoms with Gasteiger partial charge in [-0.25, -0.2) is 9.97 Å². The van der Waals surface area contributed by atoms with Crippen molar-refractivity contribution in [3.8, 4) is 22.4 Å². The largest absolute Gasteiger partial charge is 0.346 e. The van der Waals surface area contributed by atoms with Gasteiger partial charge in [0.15, 0.2) is 0 Å². The zero-order chi connectivity index (χ0) is 16.8. The number of hydrogen-bond acceptors (Lipinski definition) is 3. The van der Waals surface area contributed by atoms with E-state index >= 15 is 0 Å². The number of nitrogens with one attached hydrogen (secondary N) is 2. The molecule has 0 saturated heterocycles. The van der Waals surface area contributed by atoms with Gasteiger partial charge in [0.1, 0.15) is 11.3 Å². The van der Waals surface area contributed by atoms with Gasteiger partial charge in [-0.1, -0.05) is 6.07 Å². The molecule has 5 aromatic heterocycles. The van der Waals surface area contributed by atoms with E-state index in [9.17, 15) is 0 Å². The molecule has 0 spiro atoms. The van der Waals surface area contributed by atoms with E-state index in [4.69, 9.17) is 4.98 Å². The van der Waals surface area contributed by atoms with Gasteiger partial charge in [0.25, 0.3) is 0 Å². The summed E-state index contributed by atoms with van der Waals surface area (Å²) in [6.07, 6.45) is 7.54. The van der Waals surface area contributed by atoms with Crippen LogP contribution in [0.15, 0.2) is 61.2 Å². The Morgan fingerprint density at radius 2 is 1.40 bits per heavy atom. The third kappa shape index (κ3) is 2.29. The van der Waals surface area contributed by atoms with Gasteiger partial charge < -0.3 is 9.97 Å². The summed E-state index contributed by atoms with van der Waals surface area (Å²) in [6.45, 7) is 2.03. The monoisotopic (exact) mass is 325 g/mol. The summed E-state index contributed by atoms with van der Waals surface area (Å²) in [5.74, 6) is 0. The molecule has 0 aliphatic rings. The van der Waals surface area contributed by atoms with Crippen LogP contribution >= 0.6 is 0 Å². The molecule has 0 bridgehead atoms. The second-order valence-electron chi connectivity index (χ2n) is 6.11. The van der Waals surface area contributed by atoms with Gasteiger partial charge in [-0.15, -0.1) is 0 Å². The van der Waals surface area contributed by atoms with Gasteiger partial charge in [0.2, 0.25) is 0 Å². The number of nitrogens with zero attached hydrogens (tertiary/aromatic N) is 3. The highest BCUT2D eigenvalue weighted by Crippen LogP contribution is 2.28. The summed E-state index contributed by atoms with van der Waals surface area (Å²) in [5, 5.41) is 2.19. The third-order valence-electron chi connectivity index (χ3n) is 4.49. The third-order valence-corrected chi connectivity index (χ3v) is 4.49. The van der Waals surface area contributed by atoms with Crippen molar-refractivity contribution < 1.29 is 0 Å². The lowest BCUT2D eigenvalue weighted by Gasteiger charge is -2.08. The maximum Gasteiger partial charge on any atom is 0.137 e. The first-order valence-electron chi connectivity index (χ1n) is 8.12. The Morgan fingerprint density at radius 1 is 0.760 bits per heavy atom. The van der Waals surface area contributed by atoms with Crippen LogP contribution in [0.2, 0.25) is 0 Å². The lowest BCUT2D eigenvalue weighted by Crippen LogP contribution is -1.92. The molecule has 5 heterocycles. The molecule has 0 amide bonds. The van der Waals surface area contributed by atoms with Gasteiger partial charge in [-0.3, -0.25) is 4.98 Å². The molecule has 25 heavy (non-hydrogen) atoms. The van der Waals surface area contributed by atoms with Gasteiger partial charge in [-0.05, 0) is 37.3 Å². The first-order chi connectivity index (χ1) is 12.3.